The van der Waals surface area contributed by atoms with Gasteiger partial charge in [0.05, 0.1) is 5.56 Å². The molecule has 92 valence electrons. The van der Waals surface area contributed by atoms with Crippen molar-refractivity contribution in [2.45, 2.75) is 13.8 Å². The first-order valence-electron chi connectivity index (χ1n) is 5.60. The van der Waals surface area contributed by atoms with Gasteiger partial charge >= 0.3 is 0 Å². The zero-order valence-corrected chi connectivity index (χ0v) is 10.3. The van der Waals surface area contributed by atoms with E-state index in [2.05, 4.69) is 10.3 Å². The van der Waals surface area contributed by atoms with Gasteiger partial charge in [0.15, 0.2) is 0 Å². The lowest BCUT2D eigenvalue weighted by Gasteiger charge is -2.07. The Hall–Kier alpha value is -2.36. The Morgan fingerprint density at radius 2 is 2.00 bits per heavy atom. The lowest BCUT2D eigenvalue weighted by atomic mass is 10.2. The summed E-state index contributed by atoms with van der Waals surface area (Å²) in [6.07, 6.45) is 1.54. The lowest BCUT2D eigenvalue weighted by Crippen LogP contribution is -2.12. The number of carbonyl (C=O) groups is 1. The Balaban J connectivity index is 2.16. The zero-order valence-electron chi connectivity index (χ0n) is 10.3. The largest absolute Gasteiger partial charge is 0.508 e. The SMILES string of the molecule is Cc1ccc(C(=O)Nc2ccc(O)c(C)c2)cn1. The Bertz CT molecular complexity index is 577. The smallest absolute Gasteiger partial charge is 0.257 e. The van der Waals surface area contributed by atoms with E-state index in [1.165, 1.54) is 6.20 Å². The fourth-order valence-corrected chi connectivity index (χ4v) is 1.54. The predicted molar refractivity (Wildman–Crippen MR) is 69.8 cm³/mol. The summed E-state index contributed by atoms with van der Waals surface area (Å²) in [6, 6.07) is 8.44. The summed E-state index contributed by atoms with van der Waals surface area (Å²) in [5.41, 5.74) is 2.74. The number of aryl methyl sites for hydroxylation is 2. The summed E-state index contributed by atoms with van der Waals surface area (Å²) in [5, 5.41) is 12.2. The van der Waals surface area contributed by atoms with E-state index in [9.17, 15) is 9.90 Å². The van der Waals surface area contributed by atoms with Crippen molar-refractivity contribution in [3.63, 3.8) is 0 Å². The molecular weight excluding hydrogens is 228 g/mol. The van der Waals surface area contributed by atoms with Crippen LogP contribution in [0.2, 0.25) is 0 Å². The van der Waals surface area contributed by atoms with Crippen LogP contribution in [0, 0.1) is 13.8 Å². The summed E-state index contributed by atoms with van der Waals surface area (Å²) in [7, 11) is 0. The second-order valence-electron chi connectivity index (χ2n) is 4.14. The van der Waals surface area contributed by atoms with Gasteiger partial charge in [-0.15, -0.1) is 0 Å². The molecule has 4 heteroatoms. The molecule has 0 aliphatic rings. The van der Waals surface area contributed by atoms with Crippen LogP contribution in [-0.4, -0.2) is 16.0 Å². The van der Waals surface area contributed by atoms with Crippen LogP contribution in [0.1, 0.15) is 21.6 Å². The topological polar surface area (TPSA) is 62.2 Å². The van der Waals surface area contributed by atoms with Gasteiger partial charge < -0.3 is 10.4 Å². The predicted octanol–water partition coefficient (Wildman–Crippen LogP) is 2.66. The quantitative estimate of drug-likeness (QED) is 0.796. The van der Waals surface area contributed by atoms with Crippen molar-refractivity contribution in [3.8, 4) is 5.75 Å². The molecule has 0 unspecified atom stereocenters. The molecule has 0 aliphatic heterocycles. The maximum Gasteiger partial charge on any atom is 0.257 e. The summed E-state index contributed by atoms with van der Waals surface area (Å²) in [6.45, 7) is 3.64. The van der Waals surface area contributed by atoms with Crippen LogP contribution in [0.15, 0.2) is 36.5 Å². The highest BCUT2D eigenvalue weighted by molar-refractivity contribution is 6.04. The van der Waals surface area contributed by atoms with E-state index >= 15 is 0 Å². The van der Waals surface area contributed by atoms with E-state index in [0.29, 0.717) is 11.3 Å². The van der Waals surface area contributed by atoms with Gasteiger partial charge in [0, 0.05) is 17.6 Å². The molecule has 1 aromatic heterocycles. The number of hydrogen-bond donors (Lipinski definition) is 2. The number of rotatable bonds is 2. The highest BCUT2D eigenvalue weighted by atomic mass is 16.3. The maximum atomic E-state index is 11.9. The molecule has 1 amide bonds. The Kier molecular flexibility index (Phi) is 3.28. The lowest BCUT2D eigenvalue weighted by molar-refractivity contribution is 0.102. The Labute approximate surface area is 105 Å². The van der Waals surface area contributed by atoms with Gasteiger partial charge in [-0.2, -0.15) is 0 Å². The monoisotopic (exact) mass is 242 g/mol. The average Bonchev–Trinajstić information content (AvgIpc) is 2.34. The van der Waals surface area contributed by atoms with Crippen LogP contribution in [0.4, 0.5) is 5.69 Å². The molecule has 0 spiro atoms. The standard InChI is InChI=1S/C14H14N2O2/c1-9-7-12(5-6-13(9)17)16-14(18)11-4-3-10(2)15-8-11/h3-8,17H,1-2H3,(H,16,18). The number of carbonyl (C=O) groups excluding carboxylic acids is 1. The van der Waals surface area contributed by atoms with Gasteiger partial charge in [-0.3, -0.25) is 9.78 Å². The Morgan fingerprint density at radius 3 is 2.61 bits per heavy atom. The molecule has 0 atom stereocenters. The van der Waals surface area contributed by atoms with Crippen LogP contribution in [-0.2, 0) is 0 Å². The molecule has 0 saturated carbocycles. The third-order valence-electron chi connectivity index (χ3n) is 2.63. The molecule has 2 rings (SSSR count). The Morgan fingerprint density at radius 1 is 1.22 bits per heavy atom. The molecule has 2 aromatic rings. The number of benzene rings is 1. The van der Waals surface area contributed by atoms with E-state index < -0.39 is 0 Å². The minimum absolute atomic E-state index is 0.213. The summed E-state index contributed by atoms with van der Waals surface area (Å²) >= 11 is 0. The fourth-order valence-electron chi connectivity index (χ4n) is 1.54. The number of aromatic hydroxyl groups is 1. The van der Waals surface area contributed by atoms with Crippen LogP contribution in [0.25, 0.3) is 0 Å². The molecule has 1 heterocycles. The van der Waals surface area contributed by atoms with Crippen molar-refractivity contribution < 1.29 is 9.90 Å². The summed E-state index contributed by atoms with van der Waals surface area (Å²) in [4.78, 5) is 16.0. The third-order valence-corrected chi connectivity index (χ3v) is 2.63. The number of phenols is 1. The number of phenolic OH excluding ortho intramolecular Hbond substituents is 1. The average molecular weight is 242 g/mol. The van der Waals surface area contributed by atoms with Crippen molar-refractivity contribution in [1.29, 1.82) is 0 Å². The molecule has 0 saturated heterocycles. The van der Waals surface area contributed by atoms with E-state index in [1.54, 1.807) is 37.3 Å². The van der Waals surface area contributed by atoms with E-state index in [4.69, 9.17) is 0 Å². The second kappa shape index (κ2) is 4.87. The number of anilines is 1. The van der Waals surface area contributed by atoms with Crippen molar-refractivity contribution in [2.24, 2.45) is 0 Å². The minimum Gasteiger partial charge on any atom is -0.508 e. The maximum absolute atomic E-state index is 11.9. The first kappa shape index (κ1) is 12.1. The molecule has 2 N–H and O–H groups in total. The highest BCUT2D eigenvalue weighted by Crippen LogP contribution is 2.20. The molecule has 0 fully saturated rings. The molecule has 18 heavy (non-hydrogen) atoms. The van der Waals surface area contributed by atoms with Gasteiger partial charge in [-0.25, -0.2) is 0 Å². The van der Waals surface area contributed by atoms with Crippen molar-refractivity contribution in [1.82, 2.24) is 4.98 Å². The number of pyridine rings is 1. The van der Waals surface area contributed by atoms with Crippen LogP contribution >= 0.6 is 0 Å². The van der Waals surface area contributed by atoms with Crippen LogP contribution in [0.5, 0.6) is 5.75 Å². The molecule has 0 bridgehead atoms. The molecule has 0 radical (unpaired) electrons. The van der Waals surface area contributed by atoms with E-state index in [-0.39, 0.29) is 11.7 Å². The molecule has 0 aliphatic carbocycles. The first-order valence-corrected chi connectivity index (χ1v) is 5.60. The van der Waals surface area contributed by atoms with Crippen LogP contribution in [0.3, 0.4) is 0 Å². The number of nitrogens with one attached hydrogen (secondary N) is 1. The number of amides is 1. The normalized spacial score (nSPS) is 10.1. The third kappa shape index (κ3) is 2.66. The van der Waals surface area contributed by atoms with E-state index in [0.717, 1.165) is 11.3 Å². The second-order valence-corrected chi connectivity index (χ2v) is 4.14. The number of aromatic nitrogens is 1. The van der Waals surface area contributed by atoms with Crippen molar-refractivity contribution >= 4 is 11.6 Å². The van der Waals surface area contributed by atoms with Gasteiger partial charge in [0.25, 0.3) is 5.91 Å². The summed E-state index contributed by atoms with van der Waals surface area (Å²) in [5.74, 6) is -0.00223. The van der Waals surface area contributed by atoms with E-state index in [1.807, 2.05) is 6.92 Å². The molecule has 4 nitrogen and oxygen atoms in total. The number of hydrogen-bond acceptors (Lipinski definition) is 3. The summed E-state index contributed by atoms with van der Waals surface area (Å²) < 4.78 is 0. The van der Waals surface area contributed by atoms with Crippen LogP contribution < -0.4 is 5.32 Å². The molecule has 1 aromatic carbocycles. The zero-order chi connectivity index (χ0) is 13.1. The van der Waals surface area contributed by atoms with Gasteiger partial charge in [-0.1, -0.05) is 0 Å². The van der Waals surface area contributed by atoms with Gasteiger partial charge in [0.1, 0.15) is 5.75 Å². The highest BCUT2D eigenvalue weighted by Gasteiger charge is 2.07. The minimum atomic E-state index is -0.215. The van der Waals surface area contributed by atoms with Gasteiger partial charge in [0.2, 0.25) is 0 Å². The van der Waals surface area contributed by atoms with Crippen molar-refractivity contribution in [2.75, 3.05) is 5.32 Å². The number of nitrogens with zero attached hydrogens (tertiary/aromatic N) is 1. The van der Waals surface area contributed by atoms with Gasteiger partial charge in [-0.05, 0) is 49.7 Å². The fraction of sp³-hybridized carbons (Fsp3) is 0.143. The van der Waals surface area contributed by atoms with Crippen molar-refractivity contribution in [3.05, 3.63) is 53.3 Å². The first-order chi connectivity index (χ1) is 8.56. The molecular formula is C14H14N2O2.